The molecule has 0 saturated heterocycles. The van der Waals surface area contributed by atoms with Gasteiger partial charge in [-0.15, -0.1) is 0 Å². The maximum Gasteiger partial charge on any atom is 0.321 e. The SMILES string of the molecule is CCCNC(=O)NC(=O)COC(=O)C[C@H]1C=CCC1. The number of urea groups is 1. The molecule has 0 aromatic carbocycles. The van der Waals surface area contributed by atoms with E-state index < -0.39 is 24.5 Å². The zero-order chi connectivity index (χ0) is 14.1. The number of rotatable bonds is 6. The number of carbonyl (C=O) groups is 3. The molecule has 0 fully saturated rings. The summed E-state index contributed by atoms with van der Waals surface area (Å²) in [4.78, 5) is 33.9. The van der Waals surface area contributed by atoms with E-state index in [4.69, 9.17) is 4.74 Å². The van der Waals surface area contributed by atoms with Crippen LogP contribution in [0.1, 0.15) is 32.6 Å². The highest BCUT2D eigenvalue weighted by Gasteiger charge is 2.16. The number of allylic oxidation sites excluding steroid dienone is 2. The lowest BCUT2D eigenvalue weighted by Gasteiger charge is -2.08. The standard InChI is InChI=1S/C13H20N2O4/c1-2-7-14-13(18)15-11(16)9-19-12(17)8-10-5-3-4-6-10/h3,5,10H,2,4,6-9H2,1H3,(H2,14,15,16,18)/t10-/m0/s1. The molecular formula is C13H20N2O4. The lowest BCUT2D eigenvalue weighted by Crippen LogP contribution is -2.41. The van der Waals surface area contributed by atoms with Gasteiger partial charge in [0.1, 0.15) is 0 Å². The molecule has 0 radical (unpaired) electrons. The van der Waals surface area contributed by atoms with Crippen LogP contribution in [0.5, 0.6) is 0 Å². The lowest BCUT2D eigenvalue weighted by molar-refractivity contribution is -0.148. The van der Waals surface area contributed by atoms with E-state index in [1.165, 1.54) is 0 Å². The van der Waals surface area contributed by atoms with Gasteiger partial charge in [-0.3, -0.25) is 14.9 Å². The van der Waals surface area contributed by atoms with Crippen LogP contribution in [0.25, 0.3) is 0 Å². The highest BCUT2D eigenvalue weighted by molar-refractivity contribution is 5.95. The van der Waals surface area contributed by atoms with Crippen molar-refractivity contribution >= 4 is 17.9 Å². The molecule has 1 aliphatic carbocycles. The zero-order valence-corrected chi connectivity index (χ0v) is 11.1. The molecular weight excluding hydrogens is 248 g/mol. The Morgan fingerprint density at radius 3 is 2.79 bits per heavy atom. The van der Waals surface area contributed by atoms with Gasteiger partial charge >= 0.3 is 12.0 Å². The van der Waals surface area contributed by atoms with Crippen LogP contribution < -0.4 is 10.6 Å². The largest absolute Gasteiger partial charge is 0.456 e. The molecule has 106 valence electrons. The van der Waals surface area contributed by atoms with Gasteiger partial charge in [0, 0.05) is 6.54 Å². The van der Waals surface area contributed by atoms with Gasteiger partial charge in [0.25, 0.3) is 5.91 Å². The van der Waals surface area contributed by atoms with Crippen molar-refractivity contribution in [3.05, 3.63) is 12.2 Å². The Morgan fingerprint density at radius 1 is 1.37 bits per heavy atom. The lowest BCUT2D eigenvalue weighted by atomic mass is 10.1. The number of hydrogen-bond donors (Lipinski definition) is 2. The molecule has 0 aromatic rings. The average molecular weight is 268 g/mol. The molecule has 0 heterocycles. The molecule has 0 spiro atoms. The van der Waals surface area contributed by atoms with E-state index in [0.29, 0.717) is 6.54 Å². The Labute approximate surface area is 112 Å². The zero-order valence-electron chi connectivity index (χ0n) is 11.1. The molecule has 0 bridgehead atoms. The number of ether oxygens (including phenoxy) is 1. The third-order valence-electron chi connectivity index (χ3n) is 2.69. The van der Waals surface area contributed by atoms with Crippen LogP contribution in [-0.4, -0.2) is 31.1 Å². The molecule has 1 aliphatic rings. The Hall–Kier alpha value is -1.85. The first-order chi connectivity index (χ1) is 9.11. The molecule has 2 N–H and O–H groups in total. The first-order valence-corrected chi connectivity index (χ1v) is 6.51. The fourth-order valence-corrected chi connectivity index (χ4v) is 1.73. The normalized spacial score (nSPS) is 17.0. The third kappa shape index (κ3) is 6.59. The van der Waals surface area contributed by atoms with Crippen molar-refractivity contribution in [3.63, 3.8) is 0 Å². The van der Waals surface area contributed by atoms with Crippen LogP contribution in [0, 0.1) is 5.92 Å². The molecule has 19 heavy (non-hydrogen) atoms. The third-order valence-corrected chi connectivity index (χ3v) is 2.69. The minimum absolute atomic E-state index is 0.211. The maximum absolute atomic E-state index is 11.4. The molecule has 1 rings (SSSR count). The number of imide groups is 1. The summed E-state index contributed by atoms with van der Waals surface area (Å²) < 4.78 is 4.81. The van der Waals surface area contributed by atoms with Gasteiger partial charge in [-0.05, 0) is 25.2 Å². The highest BCUT2D eigenvalue weighted by atomic mass is 16.5. The highest BCUT2D eigenvalue weighted by Crippen LogP contribution is 2.20. The fraction of sp³-hybridized carbons (Fsp3) is 0.615. The van der Waals surface area contributed by atoms with Crippen LogP contribution >= 0.6 is 0 Å². The molecule has 0 unspecified atom stereocenters. The molecule has 1 atom stereocenters. The van der Waals surface area contributed by atoms with Gasteiger partial charge in [-0.2, -0.15) is 0 Å². The molecule has 0 aliphatic heterocycles. The first kappa shape index (κ1) is 15.2. The average Bonchev–Trinajstić information content (AvgIpc) is 2.86. The van der Waals surface area contributed by atoms with E-state index in [1.54, 1.807) is 0 Å². The van der Waals surface area contributed by atoms with Gasteiger partial charge < -0.3 is 10.1 Å². The quantitative estimate of drug-likeness (QED) is 0.558. The van der Waals surface area contributed by atoms with Gasteiger partial charge in [0.2, 0.25) is 0 Å². The summed E-state index contributed by atoms with van der Waals surface area (Å²) in [7, 11) is 0. The van der Waals surface area contributed by atoms with Crippen molar-refractivity contribution in [3.8, 4) is 0 Å². The van der Waals surface area contributed by atoms with Crippen molar-refractivity contribution in [2.75, 3.05) is 13.2 Å². The van der Waals surface area contributed by atoms with Crippen LogP contribution in [-0.2, 0) is 14.3 Å². The van der Waals surface area contributed by atoms with Gasteiger partial charge in [0.05, 0.1) is 6.42 Å². The summed E-state index contributed by atoms with van der Waals surface area (Å²) in [6.07, 6.45) is 7.01. The summed E-state index contributed by atoms with van der Waals surface area (Å²) in [6, 6.07) is -0.568. The second kappa shape index (κ2) is 8.29. The summed E-state index contributed by atoms with van der Waals surface area (Å²) in [6.45, 7) is 1.98. The van der Waals surface area contributed by atoms with Crippen molar-refractivity contribution < 1.29 is 19.1 Å². The van der Waals surface area contributed by atoms with E-state index in [9.17, 15) is 14.4 Å². The summed E-state index contributed by atoms with van der Waals surface area (Å²) >= 11 is 0. The fourth-order valence-electron chi connectivity index (χ4n) is 1.73. The topological polar surface area (TPSA) is 84.5 Å². The van der Waals surface area contributed by atoms with Crippen molar-refractivity contribution in [2.45, 2.75) is 32.6 Å². The number of nitrogens with one attached hydrogen (secondary N) is 2. The Kier molecular flexibility index (Phi) is 6.63. The molecule has 3 amide bonds. The molecule has 0 saturated carbocycles. The smallest absolute Gasteiger partial charge is 0.321 e. The number of carbonyl (C=O) groups excluding carboxylic acids is 3. The molecule has 0 aromatic heterocycles. The minimum atomic E-state index is -0.621. The van der Waals surface area contributed by atoms with Crippen molar-refractivity contribution in [1.29, 1.82) is 0 Å². The van der Waals surface area contributed by atoms with E-state index >= 15 is 0 Å². The van der Waals surface area contributed by atoms with Crippen LogP contribution in [0.3, 0.4) is 0 Å². The van der Waals surface area contributed by atoms with Crippen LogP contribution in [0.2, 0.25) is 0 Å². The van der Waals surface area contributed by atoms with Crippen LogP contribution in [0.15, 0.2) is 12.2 Å². The maximum atomic E-state index is 11.4. The summed E-state index contributed by atoms with van der Waals surface area (Å²) in [5, 5.41) is 4.57. The van der Waals surface area contributed by atoms with E-state index in [1.807, 2.05) is 19.1 Å². The summed E-state index contributed by atoms with van der Waals surface area (Å²) in [5.74, 6) is -0.826. The Morgan fingerprint density at radius 2 is 2.16 bits per heavy atom. The predicted molar refractivity (Wildman–Crippen MR) is 69.3 cm³/mol. The van der Waals surface area contributed by atoms with E-state index in [-0.39, 0.29) is 12.3 Å². The Bertz CT molecular complexity index is 366. The van der Waals surface area contributed by atoms with Crippen molar-refractivity contribution in [2.24, 2.45) is 5.92 Å². The van der Waals surface area contributed by atoms with Gasteiger partial charge in [-0.25, -0.2) is 4.79 Å². The Balaban J connectivity index is 2.13. The summed E-state index contributed by atoms with van der Waals surface area (Å²) in [5.41, 5.74) is 0. The van der Waals surface area contributed by atoms with Gasteiger partial charge in [-0.1, -0.05) is 19.1 Å². The molecule has 6 nitrogen and oxygen atoms in total. The minimum Gasteiger partial charge on any atom is -0.456 e. The molecule has 6 heteroatoms. The second-order valence-corrected chi connectivity index (χ2v) is 4.43. The van der Waals surface area contributed by atoms with Gasteiger partial charge in [0.15, 0.2) is 6.61 Å². The van der Waals surface area contributed by atoms with Crippen molar-refractivity contribution in [1.82, 2.24) is 10.6 Å². The van der Waals surface area contributed by atoms with E-state index in [0.717, 1.165) is 19.3 Å². The second-order valence-electron chi connectivity index (χ2n) is 4.43. The number of hydrogen-bond acceptors (Lipinski definition) is 4. The van der Waals surface area contributed by atoms with E-state index in [2.05, 4.69) is 10.6 Å². The number of esters is 1. The number of amides is 3. The monoisotopic (exact) mass is 268 g/mol. The van der Waals surface area contributed by atoms with Crippen LogP contribution in [0.4, 0.5) is 4.79 Å². The predicted octanol–water partition coefficient (Wildman–Crippen LogP) is 1.12. The first-order valence-electron chi connectivity index (χ1n) is 6.51.